The number of rotatable bonds is 7. The molecular formula is C27H19Cl2NO3S. The molecule has 34 heavy (non-hydrogen) atoms. The molecule has 0 amide bonds. The molecule has 4 aromatic rings. The quantitative estimate of drug-likeness (QED) is 0.258. The van der Waals surface area contributed by atoms with Gasteiger partial charge in [-0.3, -0.25) is 4.79 Å². The molecule has 0 aliphatic heterocycles. The van der Waals surface area contributed by atoms with Gasteiger partial charge < -0.3 is 10.0 Å². The van der Waals surface area contributed by atoms with Gasteiger partial charge in [0.2, 0.25) is 0 Å². The Bertz CT molecular complexity index is 1360. The molecule has 0 atom stereocenters. The average Bonchev–Trinajstić information content (AvgIpc) is 2.84. The molecule has 0 bridgehead atoms. The van der Waals surface area contributed by atoms with Crippen LogP contribution in [0.2, 0.25) is 10.0 Å². The summed E-state index contributed by atoms with van der Waals surface area (Å²) in [7, 11) is 1.93. The van der Waals surface area contributed by atoms with Crippen LogP contribution in [0.15, 0.2) is 101 Å². The molecular weight excluding hydrogens is 489 g/mol. The first-order valence-corrected chi connectivity index (χ1v) is 11.8. The van der Waals surface area contributed by atoms with Crippen molar-refractivity contribution in [2.45, 2.75) is 9.79 Å². The maximum Gasteiger partial charge on any atom is 0.336 e. The minimum Gasteiger partial charge on any atom is -0.478 e. The fourth-order valence-electron chi connectivity index (χ4n) is 3.40. The van der Waals surface area contributed by atoms with Gasteiger partial charge in [0.25, 0.3) is 0 Å². The second kappa shape index (κ2) is 10.3. The molecule has 0 saturated carbocycles. The van der Waals surface area contributed by atoms with Crippen LogP contribution < -0.4 is 4.90 Å². The van der Waals surface area contributed by atoms with Crippen molar-refractivity contribution in [2.24, 2.45) is 0 Å². The molecule has 0 aromatic heterocycles. The SMILES string of the molecule is CN(c1ccc(Cl)cc1)c1ccc(C(=O)c2ccc(Sc3cccc(Cl)c3)c(C(=O)O)c2)cc1. The maximum absolute atomic E-state index is 13.1. The van der Waals surface area contributed by atoms with Gasteiger partial charge in [0.05, 0.1) is 5.56 Å². The molecule has 7 heteroatoms. The molecule has 0 aliphatic carbocycles. The summed E-state index contributed by atoms with van der Waals surface area (Å²) in [6.07, 6.45) is 0. The number of halogens is 2. The first kappa shape index (κ1) is 23.9. The Morgan fingerprint density at radius 3 is 2.00 bits per heavy atom. The summed E-state index contributed by atoms with van der Waals surface area (Å²) < 4.78 is 0. The van der Waals surface area contributed by atoms with E-state index in [1.54, 1.807) is 42.5 Å². The first-order chi connectivity index (χ1) is 16.3. The summed E-state index contributed by atoms with van der Waals surface area (Å²) in [5, 5.41) is 11.0. The first-order valence-electron chi connectivity index (χ1n) is 10.3. The summed E-state index contributed by atoms with van der Waals surface area (Å²) in [5.74, 6) is -1.35. The van der Waals surface area contributed by atoms with Crippen LogP contribution >= 0.6 is 35.0 Å². The fourth-order valence-corrected chi connectivity index (χ4v) is 4.76. The van der Waals surface area contributed by atoms with Gasteiger partial charge in [0, 0.05) is 49.4 Å². The highest BCUT2D eigenvalue weighted by Crippen LogP contribution is 2.33. The highest BCUT2D eigenvalue weighted by molar-refractivity contribution is 7.99. The smallest absolute Gasteiger partial charge is 0.336 e. The number of nitrogens with zero attached hydrogens (tertiary/aromatic N) is 1. The molecule has 0 radical (unpaired) electrons. The van der Waals surface area contributed by atoms with E-state index < -0.39 is 5.97 Å². The van der Waals surface area contributed by atoms with Crippen molar-refractivity contribution in [3.63, 3.8) is 0 Å². The predicted octanol–water partition coefficient (Wildman–Crippen LogP) is 7.84. The predicted molar refractivity (Wildman–Crippen MR) is 138 cm³/mol. The van der Waals surface area contributed by atoms with Crippen molar-refractivity contribution < 1.29 is 14.7 Å². The molecule has 0 heterocycles. The minimum atomic E-state index is -1.10. The molecule has 0 saturated heterocycles. The third kappa shape index (κ3) is 5.45. The van der Waals surface area contributed by atoms with Crippen molar-refractivity contribution in [2.75, 3.05) is 11.9 Å². The van der Waals surface area contributed by atoms with Gasteiger partial charge in [0.1, 0.15) is 0 Å². The van der Waals surface area contributed by atoms with Crippen LogP contribution in [0.4, 0.5) is 11.4 Å². The second-order valence-electron chi connectivity index (χ2n) is 7.49. The van der Waals surface area contributed by atoms with E-state index >= 15 is 0 Å². The third-order valence-corrected chi connectivity index (χ3v) is 6.78. The highest BCUT2D eigenvalue weighted by Gasteiger charge is 2.17. The number of ketones is 1. The van der Waals surface area contributed by atoms with E-state index in [0.29, 0.717) is 26.1 Å². The van der Waals surface area contributed by atoms with Crippen molar-refractivity contribution >= 4 is 58.1 Å². The Hall–Kier alpha value is -3.25. The Kier molecular flexibility index (Phi) is 7.27. The van der Waals surface area contributed by atoms with Crippen LogP contribution in [-0.2, 0) is 0 Å². The van der Waals surface area contributed by atoms with Crippen LogP contribution in [0.1, 0.15) is 26.3 Å². The van der Waals surface area contributed by atoms with Crippen molar-refractivity contribution in [1.29, 1.82) is 0 Å². The largest absolute Gasteiger partial charge is 0.478 e. The molecule has 4 rings (SSSR count). The van der Waals surface area contributed by atoms with Gasteiger partial charge in [-0.2, -0.15) is 0 Å². The van der Waals surface area contributed by atoms with E-state index in [4.69, 9.17) is 23.2 Å². The van der Waals surface area contributed by atoms with Gasteiger partial charge in [-0.05, 0) is 84.9 Å². The van der Waals surface area contributed by atoms with Gasteiger partial charge >= 0.3 is 5.97 Å². The number of carbonyl (C=O) groups is 2. The van der Waals surface area contributed by atoms with E-state index in [1.165, 1.54) is 17.8 Å². The lowest BCUT2D eigenvalue weighted by Crippen LogP contribution is -2.10. The van der Waals surface area contributed by atoms with Crippen molar-refractivity contribution in [1.82, 2.24) is 0 Å². The number of carbonyl (C=O) groups excluding carboxylic acids is 1. The van der Waals surface area contributed by atoms with Crippen molar-refractivity contribution in [3.8, 4) is 0 Å². The summed E-state index contributed by atoms with van der Waals surface area (Å²) in [5.41, 5.74) is 2.71. The Morgan fingerprint density at radius 2 is 1.38 bits per heavy atom. The zero-order chi connectivity index (χ0) is 24.2. The lowest BCUT2D eigenvalue weighted by molar-refractivity contribution is 0.0693. The van der Waals surface area contributed by atoms with Gasteiger partial charge in [-0.25, -0.2) is 4.79 Å². The van der Waals surface area contributed by atoms with Crippen LogP contribution in [0, 0.1) is 0 Å². The number of hydrogen-bond acceptors (Lipinski definition) is 4. The van der Waals surface area contributed by atoms with E-state index in [0.717, 1.165) is 16.3 Å². The fraction of sp³-hybridized carbons (Fsp3) is 0.0370. The molecule has 170 valence electrons. The zero-order valence-corrected chi connectivity index (χ0v) is 20.4. The minimum absolute atomic E-state index is 0.0647. The average molecular weight is 508 g/mol. The van der Waals surface area contributed by atoms with Gasteiger partial charge in [0.15, 0.2) is 5.78 Å². The third-order valence-electron chi connectivity index (χ3n) is 5.23. The maximum atomic E-state index is 13.1. The molecule has 4 nitrogen and oxygen atoms in total. The van der Waals surface area contributed by atoms with Gasteiger partial charge in [-0.1, -0.05) is 41.0 Å². The molecule has 0 aliphatic rings. The van der Waals surface area contributed by atoms with E-state index in [2.05, 4.69) is 0 Å². The number of anilines is 2. The summed E-state index contributed by atoms with van der Waals surface area (Å²) in [6, 6.07) is 26.5. The number of hydrogen-bond donors (Lipinski definition) is 1. The molecule has 1 N–H and O–H groups in total. The standard InChI is InChI=1S/C27H19Cl2NO3S/c1-30(22-12-8-19(28)9-13-22)21-10-5-17(6-11-21)26(31)18-7-14-25(24(15-18)27(32)33)34-23-4-2-3-20(29)16-23/h2-16H,1H3,(H,32,33). The summed E-state index contributed by atoms with van der Waals surface area (Å²) in [6.45, 7) is 0. The van der Waals surface area contributed by atoms with Crippen LogP contribution in [0.25, 0.3) is 0 Å². The summed E-state index contributed by atoms with van der Waals surface area (Å²) in [4.78, 5) is 28.3. The van der Waals surface area contributed by atoms with E-state index in [-0.39, 0.29) is 11.3 Å². The molecule has 0 spiro atoms. The van der Waals surface area contributed by atoms with E-state index in [1.807, 2.05) is 54.4 Å². The summed E-state index contributed by atoms with van der Waals surface area (Å²) >= 11 is 13.3. The Morgan fingerprint density at radius 1 is 0.765 bits per heavy atom. The second-order valence-corrected chi connectivity index (χ2v) is 9.48. The lowest BCUT2D eigenvalue weighted by atomic mass is 10.0. The number of benzene rings is 4. The van der Waals surface area contributed by atoms with Crippen LogP contribution in [-0.4, -0.2) is 23.9 Å². The molecule has 4 aromatic carbocycles. The van der Waals surface area contributed by atoms with E-state index in [9.17, 15) is 14.7 Å². The van der Waals surface area contributed by atoms with Crippen molar-refractivity contribution in [3.05, 3.63) is 118 Å². The topological polar surface area (TPSA) is 57.6 Å². The van der Waals surface area contributed by atoms with Crippen LogP contribution in [0.5, 0.6) is 0 Å². The van der Waals surface area contributed by atoms with Gasteiger partial charge in [-0.15, -0.1) is 0 Å². The number of carboxylic acids is 1. The Balaban J connectivity index is 1.56. The highest BCUT2D eigenvalue weighted by atomic mass is 35.5. The molecule has 0 fully saturated rings. The lowest BCUT2D eigenvalue weighted by Gasteiger charge is -2.19. The van der Waals surface area contributed by atoms with Crippen LogP contribution in [0.3, 0.4) is 0 Å². The monoisotopic (exact) mass is 507 g/mol. The number of aromatic carboxylic acids is 1. The zero-order valence-electron chi connectivity index (χ0n) is 18.0. The molecule has 0 unspecified atom stereocenters. The Labute approximate surface area is 211 Å². The normalized spacial score (nSPS) is 10.7. The number of carboxylic acid groups (broad SMARTS) is 1.